The highest BCUT2D eigenvalue weighted by Crippen LogP contribution is 2.22. The van der Waals surface area contributed by atoms with E-state index >= 15 is 0 Å². The first-order valence-electron chi connectivity index (χ1n) is 7.12. The number of halogens is 1. The van der Waals surface area contributed by atoms with E-state index in [2.05, 4.69) is 10.3 Å². The normalized spacial score (nSPS) is 18.4. The van der Waals surface area contributed by atoms with E-state index in [1.165, 1.54) is 12.1 Å². The van der Waals surface area contributed by atoms with Crippen LogP contribution < -0.4 is 5.32 Å². The second kappa shape index (κ2) is 5.36. The summed E-state index contributed by atoms with van der Waals surface area (Å²) in [5, 5.41) is 3.30. The summed E-state index contributed by atoms with van der Waals surface area (Å²) in [6.45, 7) is 3.75. The van der Waals surface area contributed by atoms with Gasteiger partial charge in [-0.05, 0) is 24.1 Å². The first-order valence-corrected chi connectivity index (χ1v) is 7.12. The average Bonchev–Trinajstić information content (AvgIpc) is 2.75. The van der Waals surface area contributed by atoms with Crippen LogP contribution in [0.2, 0.25) is 0 Å². The third-order valence-corrected chi connectivity index (χ3v) is 3.80. The van der Waals surface area contributed by atoms with Gasteiger partial charge in [0.1, 0.15) is 11.9 Å². The molecule has 0 saturated carbocycles. The van der Waals surface area contributed by atoms with Crippen molar-refractivity contribution in [3.63, 3.8) is 0 Å². The van der Waals surface area contributed by atoms with Gasteiger partial charge >= 0.3 is 6.03 Å². The van der Waals surface area contributed by atoms with Crippen molar-refractivity contribution in [3.05, 3.63) is 41.8 Å². The molecule has 0 radical (unpaired) electrons. The van der Waals surface area contributed by atoms with E-state index in [0.717, 1.165) is 4.90 Å². The second-order valence-corrected chi connectivity index (χ2v) is 5.74. The number of hydrogen-bond acceptors (Lipinski definition) is 3. The third kappa shape index (κ3) is 2.41. The molecule has 2 aromatic rings. The standard InChI is InChI=1S/C16H16FN3O2/c1-9(2)13-15(21)20(16(22)19-13)8-11-7-12(17)6-10-4-3-5-18-14(10)11/h3-7,9,13H,8H2,1-2H3,(H,19,22)/t13-/m0/s1. The molecule has 1 aliphatic rings. The second-order valence-electron chi connectivity index (χ2n) is 5.74. The lowest BCUT2D eigenvalue weighted by atomic mass is 10.0. The molecule has 0 unspecified atom stereocenters. The highest BCUT2D eigenvalue weighted by molar-refractivity contribution is 6.04. The summed E-state index contributed by atoms with van der Waals surface area (Å²) in [4.78, 5) is 29.7. The van der Waals surface area contributed by atoms with Crippen LogP contribution in [0.15, 0.2) is 30.5 Å². The summed E-state index contributed by atoms with van der Waals surface area (Å²) in [5.74, 6) is -0.694. The minimum Gasteiger partial charge on any atom is -0.326 e. The summed E-state index contributed by atoms with van der Waals surface area (Å²) < 4.78 is 13.7. The molecule has 5 nitrogen and oxygen atoms in total. The summed E-state index contributed by atoms with van der Waals surface area (Å²) in [5.41, 5.74) is 1.11. The van der Waals surface area contributed by atoms with Crippen LogP contribution in [0.5, 0.6) is 0 Å². The number of hydrogen-bond donors (Lipinski definition) is 1. The van der Waals surface area contributed by atoms with Crippen LogP contribution in [0.1, 0.15) is 19.4 Å². The van der Waals surface area contributed by atoms with E-state index in [9.17, 15) is 14.0 Å². The van der Waals surface area contributed by atoms with Gasteiger partial charge in [0.05, 0.1) is 12.1 Å². The van der Waals surface area contributed by atoms with Crippen molar-refractivity contribution >= 4 is 22.8 Å². The Labute approximate surface area is 127 Å². The minimum absolute atomic E-state index is 0.00355. The fraction of sp³-hybridized carbons (Fsp3) is 0.312. The van der Waals surface area contributed by atoms with Crippen LogP contribution in [0.25, 0.3) is 10.9 Å². The van der Waals surface area contributed by atoms with Gasteiger partial charge in [-0.3, -0.25) is 14.7 Å². The van der Waals surface area contributed by atoms with Crippen molar-refractivity contribution in [2.75, 3.05) is 0 Å². The van der Waals surface area contributed by atoms with Gasteiger partial charge < -0.3 is 5.32 Å². The first kappa shape index (κ1) is 14.4. The number of aromatic nitrogens is 1. The predicted molar refractivity (Wildman–Crippen MR) is 79.4 cm³/mol. The van der Waals surface area contributed by atoms with E-state index in [4.69, 9.17) is 0 Å². The molecule has 1 N–H and O–H groups in total. The third-order valence-electron chi connectivity index (χ3n) is 3.80. The fourth-order valence-corrected chi connectivity index (χ4v) is 2.66. The molecule has 0 aliphatic carbocycles. The number of carbonyl (C=O) groups excluding carboxylic acids is 2. The van der Waals surface area contributed by atoms with Crippen LogP contribution in [0, 0.1) is 11.7 Å². The van der Waals surface area contributed by atoms with Crippen molar-refractivity contribution in [3.8, 4) is 0 Å². The lowest BCUT2D eigenvalue weighted by molar-refractivity contribution is -0.128. The maximum Gasteiger partial charge on any atom is 0.325 e. The molecular formula is C16H16FN3O2. The number of amides is 3. The summed E-state index contributed by atoms with van der Waals surface area (Å²) in [6, 6.07) is 5.19. The molecular weight excluding hydrogens is 285 g/mol. The zero-order chi connectivity index (χ0) is 15.9. The first-order chi connectivity index (χ1) is 10.5. The Morgan fingerprint density at radius 2 is 2.14 bits per heavy atom. The number of benzene rings is 1. The minimum atomic E-state index is -0.528. The van der Waals surface area contributed by atoms with Gasteiger partial charge in [0.2, 0.25) is 0 Å². The Kier molecular flexibility index (Phi) is 3.52. The molecule has 1 aliphatic heterocycles. The Balaban J connectivity index is 1.97. The molecule has 1 saturated heterocycles. The molecule has 0 bridgehead atoms. The Bertz CT molecular complexity index is 760. The van der Waals surface area contributed by atoms with E-state index in [1.54, 1.807) is 18.3 Å². The van der Waals surface area contributed by atoms with E-state index < -0.39 is 17.9 Å². The topological polar surface area (TPSA) is 62.3 Å². The summed E-state index contributed by atoms with van der Waals surface area (Å²) in [6.07, 6.45) is 1.60. The number of rotatable bonds is 3. The predicted octanol–water partition coefficient (Wildman–Crippen LogP) is 2.45. The van der Waals surface area contributed by atoms with Crippen LogP contribution in [0.4, 0.5) is 9.18 Å². The van der Waals surface area contributed by atoms with Crippen molar-refractivity contribution in [2.45, 2.75) is 26.4 Å². The van der Waals surface area contributed by atoms with Gasteiger partial charge in [-0.2, -0.15) is 0 Å². The molecule has 1 aromatic carbocycles. The molecule has 0 spiro atoms. The molecule has 114 valence electrons. The summed E-state index contributed by atoms with van der Waals surface area (Å²) >= 11 is 0. The average molecular weight is 301 g/mol. The summed E-state index contributed by atoms with van der Waals surface area (Å²) in [7, 11) is 0. The number of carbonyl (C=O) groups is 2. The van der Waals surface area contributed by atoms with Gasteiger partial charge in [-0.15, -0.1) is 0 Å². The number of imide groups is 1. The molecule has 1 fully saturated rings. The van der Waals surface area contributed by atoms with Crippen molar-refractivity contribution in [1.29, 1.82) is 0 Å². The maximum absolute atomic E-state index is 13.7. The molecule has 2 heterocycles. The van der Waals surface area contributed by atoms with Gasteiger partial charge in [0.25, 0.3) is 5.91 Å². The van der Waals surface area contributed by atoms with Gasteiger partial charge in [-0.1, -0.05) is 19.9 Å². The van der Waals surface area contributed by atoms with Crippen LogP contribution in [-0.2, 0) is 11.3 Å². The molecule has 22 heavy (non-hydrogen) atoms. The van der Waals surface area contributed by atoms with Crippen molar-refractivity contribution in [1.82, 2.24) is 15.2 Å². The quantitative estimate of drug-likeness (QED) is 0.886. The Hall–Kier alpha value is -2.50. The number of urea groups is 1. The number of nitrogens with one attached hydrogen (secondary N) is 1. The van der Waals surface area contributed by atoms with E-state index in [1.807, 2.05) is 13.8 Å². The largest absolute Gasteiger partial charge is 0.326 e. The van der Waals surface area contributed by atoms with Crippen LogP contribution in [0.3, 0.4) is 0 Å². The van der Waals surface area contributed by atoms with Gasteiger partial charge in [0.15, 0.2) is 0 Å². The van der Waals surface area contributed by atoms with Gasteiger partial charge in [-0.25, -0.2) is 9.18 Å². The zero-order valence-electron chi connectivity index (χ0n) is 12.3. The zero-order valence-corrected chi connectivity index (χ0v) is 12.3. The van der Waals surface area contributed by atoms with Crippen LogP contribution in [-0.4, -0.2) is 27.9 Å². The highest BCUT2D eigenvalue weighted by Gasteiger charge is 2.39. The number of nitrogens with zero attached hydrogens (tertiary/aromatic N) is 2. The number of pyridine rings is 1. The monoisotopic (exact) mass is 301 g/mol. The molecule has 1 aromatic heterocycles. The van der Waals surface area contributed by atoms with Gasteiger partial charge in [0, 0.05) is 17.1 Å². The van der Waals surface area contributed by atoms with Crippen molar-refractivity contribution in [2.24, 2.45) is 5.92 Å². The fourth-order valence-electron chi connectivity index (χ4n) is 2.66. The highest BCUT2D eigenvalue weighted by atomic mass is 19.1. The lowest BCUT2D eigenvalue weighted by Gasteiger charge is -2.15. The van der Waals surface area contributed by atoms with Crippen molar-refractivity contribution < 1.29 is 14.0 Å². The smallest absolute Gasteiger partial charge is 0.325 e. The lowest BCUT2D eigenvalue weighted by Crippen LogP contribution is -2.34. The Morgan fingerprint density at radius 1 is 1.36 bits per heavy atom. The SMILES string of the molecule is CC(C)[C@@H]1NC(=O)N(Cc2cc(F)cc3cccnc23)C1=O. The van der Waals surface area contributed by atoms with E-state index in [0.29, 0.717) is 16.5 Å². The number of fused-ring (bicyclic) bond motifs is 1. The molecule has 1 atom stereocenters. The maximum atomic E-state index is 13.7. The molecule has 6 heteroatoms. The van der Waals surface area contributed by atoms with Crippen LogP contribution >= 0.6 is 0 Å². The van der Waals surface area contributed by atoms with E-state index in [-0.39, 0.29) is 18.4 Å². The molecule has 3 rings (SSSR count). The molecule has 3 amide bonds. The Morgan fingerprint density at radius 3 is 2.82 bits per heavy atom.